The monoisotopic (exact) mass is 297 g/mol. The Morgan fingerprint density at radius 1 is 1.55 bits per heavy atom. The van der Waals surface area contributed by atoms with Gasteiger partial charge in [-0.25, -0.2) is 4.98 Å². The smallest absolute Gasteiger partial charge is 0.326 e. The quantitative estimate of drug-likeness (QED) is 0.876. The Morgan fingerprint density at radius 2 is 2.35 bits per heavy atom. The third kappa shape index (κ3) is 2.53. The second kappa shape index (κ2) is 5.67. The highest BCUT2D eigenvalue weighted by Crippen LogP contribution is 2.34. The fourth-order valence-electron chi connectivity index (χ4n) is 3.01. The Labute approximate surface area is 121 Å². The van der Waals surface area contributed by atoms with Crippen molar-refractivity contribution in [3.05, 3.63) is 11.1 Å². The van der Waals surface area contributed by atoms with Crippen LogP contribution in [-0.4, -0.2) is 41.4 Å². The summed E-state index contributed by atoms with van der Waals surface area (Å²) < 4.78 is 5.84. The number of ether oxygens (including phenoxy) is 1. The summed E-state index contributed by atoms with van der Waals surface area (Å²) >= 11 is 1.47. The molecule has 1 aliphatic carbocycles. The molecule has 2 aliphatic rings. The van der Waals surface area contributed by atoms with Crippen molar-refractivity contribution in [1.29, 1.82) is 0 Å². The zero-order chi connectivity index (χ0) is 14.1. The van der Waals surface area contributed by atoms with Gasteiger partial charge in [0.15, 0.2) is 5.13 Å². The molecule has 1 saturated carbocycles. The Morgan fingerprint density at radius 3 is 3.15 bits per heavy atom. The van der Waals surface area contributed by atoms with Crippen LogP contribution in [0.3, 0.4) is 0 Å². The first kappa shape index (κ1) is 13.8. The van der Waals surface area contributed by atoms with Crippen LogP contribution in [0.25, 0.3) is 0 Å². The van der Waals surface area contributed by atoms with E-state index in [0.717, 1.165) is 24.5 Å². The number of aliphatic carboxylic acids is 1. The maximum atomic E-state index is 10.9. The first-order valence-electron chi connectivity index (χ1n) is 6.99. The Kier molecular flexibility index (Phi) is 3.91. The van der Waals surface area contributed by atoms with Crippen molar-refractivity contribution in [2.24, 2.45) is 5.73 Å². The number of thiazole rings is 1. The molecular formula is C13H19N3O3S. The molecule has 110 valence electrons. The molecular weight excluding hydrogens is 278 g/mol. The molecule has 0 bridgehead atoms. The van der Waals surface area contributed by atoms with Crippen LogP contribution in [0, 0.1) is 0 Å². The van der Waals surface area contributed by atoms with Crippen molar-refractivity contribution in [2.75, 3.05) is 18.1 Å². The first-order chi connectivity index (χ1) is 9.66. The number of rotatable bonds is 3. The molecule has 1 aromatic rings. The Hall–Kier alpha value is -1.18. The molecule has 3 N–H and O–H groups in total. The van der Waals surface area contributed by atoms with Gasteiger partial charge in [-0.3, -0.25) is 4.79 Å². The summed E-state index contributed by atoms with van der Waals surface area (Å²) in [6, 6.07) is -0.666. The molecule has 2 fully saturated rings. The number of fused-ring (bicyclic) bond motifs is 1. The van der Waals surface area contributed by atoms with Gasteiger partial charge in [0.25, 0.3) is 0 Å². The van der Waals surface area contributed by atoms with Gasteiger partial charge in [0.2, 0.25) is 0 Å². The lowest BCUT2D eigenvalue weighted by molar-refractivity contribution is -0.138. The van der Waals surface area contributed by atoms with Gasteiger partial charge < -0.3 is 20.5 Å². The van der Waals surface area contributed by atoms with Crippen LogP contribution in [0.4, 0.5) is 5.13 Å². The van der Waals surface area contributed by atoms with E-state index in [1.807, 2.05) is 0 Å². The highest BCUT2D eigenvalue weighted by Gasteiger charge is 2.35. The third-order valence-electron chi connectivity index (χ3n) is 4.07. The number of carbonyl (C=O) groups is 1. The van der Waals surface area contributed by atoms with E-state index in [1.165, 1.54) is 24.2 Å². The zero-order valence-electron chi connectivity index (χ0n) is 11.2. The molecule has 7 heteroatoms. The molecule has 1 aliphatic heterocycles. The summed E-state index contributed by atoms with van der Waals surface area (Å²) in [6.45, 7) is 1.53. The van der Waals surface area contributed by atoms with Crippen LogP contribution in [0.5, 0.6) is 0 Å². The molecule has 0 amide bonds. The van der Waals surface area contributed by atoms with E-state index in [0.29, 0.717) is 18.3 Å². The number of aromatic nitrogens is 1. The minimum atomic E-state index is -1.04. The standard InChI is InChI=1S/C13H19N3O3S/c14-11(12(17)18)8-7-20-13(15-8)16-5-6-19-10-4-2-1-3-9(10)16/h7,9-11H,1-6,14H2,(H,17,18). The fraction of sp³-hybridized carbons (Fsp3) is 0.692. The summed E-state index contributed by atoms with van der Waals surface area (Å²) in [4.78, 5) is 17.6. The summed E-state index contributed by atoms with van der Waals surface area (Å²) in [7, 11) is 0. The lowest BCUT2D eigenvalue weighted by Crippen LogP contribution is -2.52. The number of morpholine rings is 1. The number of hydrogen-bond acceptors (Lipinski definition) is 6. The fourth-order valence-corrected chi connectivity index (χ4v) is 3.96. The van der Waals surface area contributed by atoms with Gasteiger partial charge in [0, 0.05) is 11.9 Å². The molecule has 0 radical (unpaired) electrons. The predicted molar refractivity (Wildman–Crippen MR) is 76.0 cm³/mol. The number of nitrogens with two attached hydrogens (primary N) is 1. The van der Waals surface area contributed by atoms with Gasteiger partial charge >= 0.3 is 5.97 Å². The molecule has 3 rings (SSSR count). The van der Waals surface area contributed by atoms with Crippen molar-refractivity contribution in [3.63, 3.8) is 0 Å². The SMILES string of the molecule is NC(C(=O)O)c1csc(N2CCOC3CCCCC32)n1. The average molecular weight is 297 g/mol. The van der Waals surface area contributed by atoms with Gasteiger partial charge in [0.05, 0.1) is 24.4 Å². The molecule has 1 saturated heterocycles. The number of anilines is 1. The normalized spacial score (nSPS) is 27.9. The van der Waals surface area contributed by atoms with Gasteiger partial charge in [-0.1, -0.05) is 12.8 Å². The number of hydrogen-bond donors (Lipinski definition) is 2. The van der Waals surface area contributed by atoms with Crippen LogP contribution in [0.2, 0.25) is 0 Å². The summed E-state index contributed by atoms with van der Waals surface area (Å²) in [5.41, 5.74) is 6.05. The van der Waals surface area contributed by atoms with E-state index in [9.17, 15) is 4.79 Å². The third-order valence-corrected chi connectivity index (χ3v) is 4.97. The number of nitrogens with zero attached hydrogens (tertiary/aromatic N) is 2. The molecule has 3 unspecified atom stereocenters. The summed E-state index contributed by atoms with van der Waals surface area (Å²) in [5, 5.41) is 11.6. The van der Waals surface area contributed by atoms with Crippen molar-refractivity contribution < 1.29 is 14.6 Å². The van der Waals surface area contributed by atoms with Crippen LogP contribution >= 0.6 is 11.3 Å². The van der Waals surface area contributed by atoms with Crippen LogP contribution in [0.15, 0.2) is 5.38 Å². The zero-order valence-corrected chi connectivity index (χ0v) is 12.0. The Balaban J connectivity index is 1.79. The molecule has 6 nitrogen and oxygen atoms in total. The predicted octanol–water partition coefficient (Wildman–Crippen LogP) is 1.38. The highest BCUT2D eigenvalue weighted by atomic mass is 32.1. The van der Waals surface area contributed by atoms with E-state index in [4.69, 9.17) is 15.6 Å². The van der Waals surface area contributed by atoms with Gasteiger partial charge in [-0.2, -0.15) is 0 Å². The van der Waals surface area contributed by atoms with E-state index in [1.54, 1.807) is 5.38 Å². The van der Waals surface area contributed by atoms with E-state index in [-0.39, 0.29) is 6.10 Å². The first-order valence-corrected chi connectivity index (χ1v) is 7.87. The maximum Gasteiger partial charge on any atom is 0.326 e. The number of carboxylic acid groups (broad SMARTS) is 1. The minimum Gasteiger partial charge on any atom is -0.480 e. The highest BCUT2D eigenvalue weighted by molar-refractivity contribution is 7.13. The largest absolute Gasteiger partial charge is 0.480 e. The molecule has 2 heterocycles. The lowest BCUT2D eigenvalue weighted by atomic mass is 9.90. The van der Waals surface area contributed by atoms with Crippen molar-refractivity contribution in [1.82, 2.24) is 4.98 Å². The van der Waals surface area contributed by atoms with Crippen LogP contribution in [-0.2, 0) is 9.53 Å². The molecule has 1 aromatic heterocycles. The minimum absolute atomic E-state index is 0.290. The second-order valence-electron chi connectivity index (χ2n) is 5.33. The molecule has 0 aromatic carbocycles. The molecule has 0 spiro atoms. The molecule has 20 heavy (non-hydrogen) atoms. The average Bonchev–Trinajstić information content (AvgIpc) is 2.95. The van der Waals surface area contributed by atoms with Gasteiger partial charge in [0.1, 0.15) is 6.04 Å². The van der Waals surface area contributed by atoms with Gasteiger partial charge in [-0.15, -0.1) is 11.3 Å². The lowest BCUT2D eigenvalue weighted by Gasteiger charge is -2.43. The van der Waals surface area contributed by atoms with E-state index >= 15 is 0 Å². The van der Waals surface area contributed by atoms with Crippen molar-refractivity contribution >= 4 is 22.4 Å². The summed E-state index contributed by atoms with van der Waals surface area (Å²) in [5.74, 6) is -1.04. The number of carboxylic acids is 1. The van der Waals surface area contributed by atoms with Gasteiger partial charge in [-0.05, 0) is 12.8 Å². The second-order valence-corrected chi connectivity index (χ2v) is 6.16. The molecule has 3 atom stereocenters. The van der Waals surface area contributed by atoms with Crippen molar-refractivity contribution in [3.8, 4) is 0 Å². The van der Waals surface area contributed by atoms with Crippen LogP contribution in [0.1, 0.15) is 37.4 Å². The summed E-state index contributed by atoms with van der Waals surface area (Å²) in [6.07, 6.45) is 4.95. The van der Waals surface area contributed by atoms with Crippen molar-refractivity contribution in [2.45, 2.75) is 43.9 Å². The van der Waals surface area contributed by atoms with E-state index in [2.05, 4.69) is 9.88 Å². The Bertz CT molecular complexity index is 491. The topological polar surface area (TPSA) is 88.7 Å². The maximum absolute atomic E-state index is 10.9. The van der Waals surface area contributed by atoms with E-state index < -0.39 is 12.0 Å². The van der Waals surface area contributed by atoms with Crippen LogP contribution < -0.4 is 10.6 Å².